The molecule has 4 aromatic rings. The van der Waals surface area contributed by atoms with Crippen LogP contribution in [-0.4, -0.2) is 49.9 Å². The summed E-state index contributed by atoms with van der Waals surface area (Å²) in [5.41, 5.74) is 2.22. The van der Waals surface area contributed by atoms with Gasteiger partial charge in [-0.2, -0.15) is 0 Å². The molecule has 33 heavy (non-hydrogen) atoms. The van der Waals surface area contributed by atoms with E-state index in [4.69, 9.17) is 21.7 Å². The molecule has 1 aliphatic heterocycles. The smallest absolute Gasteiger partial charge is 0.404 e. The zero-order chi connectivity index (χ0) is 22.7. The van der Waals surface area contributed by atoms with Gasteiger partial charge in [0.2, 0.25) is 0 Å². The molecular weight excluding hydrogens is 447 g/mol. The molecule has 0 spiro atoms. The first-order valence-corrected chi connectivity index (χ1v) is 10.9. The standard InChI is InChI=1S/C23H18ClFN6O2/c24-12-5-7-13(8-6-12)31-20(14-3-1-2-4-17(14)25)28-19-21(26-11-27-22(19)31)30-9-15-16(10-30)18(15)29-23(32)33/h1-8,11,15-16,18,29H,9-10H2,(H,32,33)/t15-,16+,18?. The summed E-state index contributed by atoms with van der Waals surface area (Å²) >= 11 is 6.09. The van der Waals surface area contributed by atoms with Gasteiger partial charge in [0, 0.05) is 41.7 Å². The number of carbonyl (C=O) groups is 1. The molecule has 2 aromatic carbocycles. The molecule has 1 saturated carbocycles. The summed E-state index contributed by atoms with van der Waals surface area (Å²) in [5, 5.41) is 12.2. The minimum atomic E-state index is -0.999. The molecule has 3 atom stereocenters. The SMILES string of the molecule is O=C(O)NC1[C@H]2CN(c3ncnc4c3nc(-c3ccccc3F)n4-c3ccc(Cl)cc3)C[C@@H]12. The zero-order valence-electron chi connectivity index (χ0n) is 17.2. The van der Waals surface area contributed by atoms with Crippen LogP contribution in [0.4, 0.5) is 15.0 Å². The van der Waals surface area contributed by atoms with Gasteiger partial charge >= 0.3 is 6.09 Å². The lowest BCUT2D eigenvalue weighted by Crippen LogP contribution is -2.34. The van der Waals surface area contributed by atoms with Gasteiger partial charge in [-0.05, 0) is 36.4 Å². The molecule has 1 amide bonds. The number of hydrogen-bond donors (Lipinski definition) is 2. The van der Waals surface area contributed by atoms with Crippen molar-refractivity contribution in [2.24, 2.45) is 11.8 Å². The van der Waals surface area contributed by atoms with Crippen LogP contribution >= 0.6 is 11.6 Å². The molecule has 1 saturated heterocycles. The molecule has 3 heterocycles. The predicted octanol–water partition coefficient (Wildman–Crippen LogP) is 3.98. The van der Waals surface area contributed by atoms with Crippen LogP contribution in [0.15, 0.2) is 54.9 Å². The van der Waals surface area contributed by atoms with Crippen LogP contribution < -0.4 is 10.2 Å². The van der Waals surface area contributed by atoms with Gasteiger partial charge in [0.1, 0.15) is 18.0 Å². The van der Waals surface area contributed by atoms with Gasteiger partial charge in [-0.1, -0.05) is 23.7 Å². The molecule has 0 radical (unpaired) electrons. The molecular formula is C23H18ClFN6O2. The van der Waals surface area contributed by atoms with Crippen molar-refractivity contribution in [1.82, 2.24) is 24.8 Å². The number of amides is 1. The molecule has 2 fully saturated rings. The Morgan fingerprint density at radius 1 is 1.09 bits per heavy atom. The van der Waals surface area contributed by atoms with E-state index in [-0.39, 0.29) is 23.7 Å². The van der Waals surface area contributed by atoms with Crippen molar-refractivity contribution in [2.75, 3.05) is 18.0 Å². The molecule has 8 nitrogen and oxygen atoms in total. The van der Waals surface area contributed by atoms with Crippen LogP contribution in [0.3, 0.4) is 0 Å². The van der Waals surface area contributed by atoms with Gasteiger partial charge in [-0.25, -0.2) is 24.1 Å². The molecule has 2 aliphatic rings. The third-order valence-electron chi connectivity index (χ3n) is 6.41. The molecule has 0 bridgehead atoms. The Labute approximate surface area is 192 Å². The molecule has 2 N–H and O–H groups in total. The van der Waals surface area contributed by atoms with Crippen molar-refractivity contribution in [2.45, 2.75) is 6.04 Å². The Morgan fingerprint density at radius 2 is 1.82 bits per heavy atom. The van der Waals surface area contributed by atoms with E-state index >= 15 is 0 Å². The first kappa shape index (κ1) is 19.9. The highest BCUT2D eigenvalue weighted by Gasteiger charge is 2.57. The highest BCUT2D eigenvalue weighted by atomic mass is 35.5. The van der Waals surface area contributed by atoms with Crippen LogP contribution in [0.2, 0.25) is 5.02 Å². The van der Waals surface area contributed by atoms with E-state index in [2.05, 4.69) is 20.2 Å². The summed E-state index contributed by atoms with van der Waals surface area (Å²) in [4.78, 5) is 26.9. The largest absolute Gasteiger partial charge is 0.465 e. The lowest BCUT2D eigenvalue weighted by Gasteiger charge is -2.20. The number of hydrogen-bond acceptors (Lipinski definition) is 5. The van der Waals surface area contributed by atoms with E-state index in [0.29, 0.717) is 46.5 Å². The minimum Gasteiger partial charge on any atom is -0.465 e. The van der Waals surface area contributed by atoms with Crippen molar-refractivity contribution in [1.29, 1.82) is 0 Å². The maximum absolute atomic E-state index is 14.8. The van der Waals surface area contributed by atoms with E-state index in [9.17, 15) is 9.18 Å². The number of carboxylic acid groups (broad SMARTS) is 1. The van der Waals surface area contributed by atoms with E-state index < -0.39 is 6.09 Å². The van der Waals surface area contributed by atoms with Crippen molar-refractivity contribution < 1.29 is 14.3 Å². The van der Waals surface area contributed by atoms with Crippen LogP contribution in [0, 0.1) is 17.7 Å². The van der Waals surface area contributed by atoms with Crippen molar-refractivity contribution in [3.63, 3.8) is 0 Å². The normalized spacial score (nSPS) is 21.3. The molecule has 2 aromatic heterocycles. The minimum absolute atomic E-state index is 0.0170. The molecule has 6 rings (SSSR count). The van der Waals surface area contributed by atoms with E-state index in [0.717, 1.165) is 5.69 Å². The third-order valence-corrected chi connectivity index (χ3v) is 6.66. The van der Waals surface area contributed by atoms with Gasteiger partial charge in [0.15, 0.2) is 17.0 Å². The number of aromatic nitrogens is 4. The van der Waals surface area contributed by atoms with Gasteiger partial charge in [0.05, 0.1) is 5.56 Å². The Balaban J connectivity index is 1.47. The van der Waals surface area contributed by atoms with Crippen LogP contribution in [0.25, 0.3) is 28.2 Å². The fourth-order valence-corrected chi connectivity index (χ4v) is 4.95. The number of anilines is 1. The first-order valence-electron chi connectivity index (χ1n) is 10.5. The zero-order valence-corrected chi connectivity index (χ0v) is 17.9. The molecule has 1 unspecified atom stereocenters. The first-order chi connectivity index (χ1) is 16.0. The lowest BCUT2D eigenvalue weighted by molar-refractivity contribution is 0.192. The maximum atomic E-state index is 14.8. The number of nitrogens with one attached hydrogen (secondary N) is 1. The average Bonchev–Trinajstić information content (AvgIpc) is 3.15. The second kappa shape index (κ2) is 7.41. The van der Waals surface area contributed by atoms with Gasteiger partial charge in [-0.15, -0.1) is 0 Å². The summed E-state index contributed by atoms with van der Waals surface area (Å²) in [5.74, 6) is 1.18. The Hall–Kier alpha value is -3.72. The summed E-state index contributed by atoms with van der Waals surface area (Å²) in [6.07, 6.45) is 0.481. The highest BCUT2D eigenvalue weighted by molar-refractivity contribution is 6.30. The summed E-state index contributed by atoms with van der Waals surface area (Å²) < 4.78 is 16.6. The quantitative estimate of drug-likeness (QED) is 0.474. The highest BCUT2D eigenvalue weighted by Crippen LogP contribution is 2.47. The Bertz CT molecular complexity index is 1380. The second-order valence-electron chi connectivity index (χ2n) is 8.30. The number of piperidine rings is 1. The van der Waals surface area contributed by atoms with Crippen LogP contribution in [-0.2, 0) is 0 Å². The number of benzene rings is 2. The summed E-state index contributed by atoms with van der Waals surface area (Å²) in [6, 6.07) is 13.7. The number of fused-ring (bicyclic) bond motifs is 2. The number of nitrogens with zero attached hydrogens (tertiary/aromatic N) is 5. The number of imidazole rings is 1. The second-order valence-corrected chi connectivity index (χ2v) is 8.74. The fourth-order valence-electron chi connectivity index (χ4n) is 4.83. The van der Waals surface area contributed by atoms with Crippen LogP contribution in [0.5, 0.6) is 0 Å². The fraction of sp³-hybridized carbons (Fsp3) is 0.217. The van der Waals surface area contributed by atoms with Gasteiger partial charge < -0.3 is 15.3 Å². The summed E-state index contributed by atoms with van der Waals surface area (Å²) in [6.45, 7) is 1.34. The van der Waals surface area contributed by atoms with Crippen molar-refractivity contribution in [3.05, 3.63) is 65.7 Å². The third kappa shape index (κ3) is 3.27. The molecule has 166 valence electrons. The van der Waals surface area contributed by atoms with Gasteiger partial charge in [0.25, 0.3) is 0 Å². The average molecular weight is 465 g/mol. The Kier molecular flexibility index (Phi) is 4.48. The van der Waals surface area contributed by atoms with E-state index in [1.807, 2.05) is 12.1 Å². The van der Waals surface area contributed by atoms with Crippen molar-refractivity contribution in [3.8, 4) is 17.1 Å². The van der Waals surface area contributed by atoms with Crippen molar-refractivity contribution >= 4 is 34.7 Å². The van der Waals surface area contributed by atoms with E-state index in [1.54, 1.807) is 34.9 Å². The predicted molar refractivity (Wildman–Crippen MR) is 121 cm³/mol. The monoisotopic (exact) mass is 464 g/mol. The topological polar surface area (TPSA) is 96.2 Å². The Morgan fingerprint density at radius 3 is 2.52 bits per heavy atom. The summed E-state index contributed by atoms with van der Waals surface area (Å²) in [7, 11) is 0. The van der Waals surface area contributed by atoms with Crippen LogP contribution in [0.1, 0.15) is 0 Å². The number of rotatable bonds is 4. The molecule has 10 heteroatoms. The lowest BCUT2D eigenvalue weighted by atomic mass is 10.2. The number of halogens is 2. The maximum Gasteiger partial charge on any atom is 0.404 e. The van der Waals surface area contributed by atoms with E-state index in [1.165, 1.54) is 12.4 Å². The molecule has 1 aliphatic carbocycles. The van der Waals surface area contributed by atoms with Gasteiger partial charge in [-0.3, -0.25) is 4.57 Å².